The van der Waals surface area contributed by atoms with Crippen molar-refractivity contribution in [3.8, 4) is 5.75 Å². The Morgan fingerprint density at radius 3 is 2.72 bits per heavy atom. The number of aromatic nitrogens is 4. The normalized spacial score (nSPS) is 11.6. The summed E-state index contributed by atoms with van der Waals surface area (Å²) in [7, 11) is 0. The molecule has 0 saturated carbocycles. The van der Waals surface area contributed by atoms with Gasteiger partial charge >= 0.3 is 0 Å². The van der Waals surface area contributed by atoms with E-state index in [0.29, 0.717) is 30.1 Å². The molecule has 2 N–H and O–H groups in total. The zero-order chi connectivity index (χ0) is 17.9. The minimum absolute atomic E-state index is 0.191. The van der Waals surface area contributed by atoms with Crippen LogP contribution in [0.5, 0.6) is 5.75 Å². The van der Waals surface area contributed by atoms with Gasteiger partial charge in [-0.15, -0.1) is 0 Å². The average molecular weight is 341 g/mol. The monoisotopic (exact) mass is 341 g/mol. The number of benzene rings is 1. The molecule has 0 radical (unpaired) electrons. The molecule has 0 saturated heterocycles. The fraction of sp³-hybridized carbons (Fsp3) is 0.389. The third kappa shape index (κ3) is 3.99. The first-order valence-electron chi connectivity index (χ1n) is 8.35. The Balaban J connectivity index is 1.63. The molecule has 7 heteroatoms. The number of H-pyrrole nitrogens is 1. The van der Waals surface area contributed by atoms with E-state index in [2.05, 4.69) is 20.4 Å². The molecule has 0 aliphatic carbocycles. The molecule has 0 amide bonds. The molecule has 3 rings (SSSR count). The maximum atomic E-state index is 12.2. The molecule has 0 aliphatic heterocycles. The summed E-state index contributed by atoms with van der Waals surface area (Å²) in [5, 5.41) is 7.94. The van der Waals surface area contributed by atoms with Crippen LogP contribution in [0.1, 0.15) is 27.2 Å². The second kappa shape index (κ2) is 6.96. The number of anilines is 1. The lowest BCUT2D eigenvalue weighted by Gasteiger charge is -2.19. The van der Waals surface area contributed by atoms with Crippen LogP contribution >= 0.6 is 0 Å². The number of aromatic amines is 1. The highest BCUT2D eigenvalue weighted by atomic mass is 16.5. The number of rotatable bonds is 6. The maximum Gasteiger partial charge on any atom is 0.263 e. The first-order chi connectivity index (χ1) is 11.9. The van der Waals surface area contributed by atoms with Gasteiger partial charge in [-0.05, 0) is 39.3 Å². The Hall–Kier alpha value is -2.83. The first kappa shape index (κ1) is 17.0. The third-order valence-electron chi connectivity index (χ3n) is 3.70. The number of hydrogen-bond donors (Lipinski definition) is 2. The van der Waals surface area contributed by atoms with Gasteiger partial charge in [0.1, 0.15) is 11.1 Å². The predicted octanol–water partition coefficient (Wildman–Crippen LogP) is 2.76. The number of fused-ring (bicyclic) bond motifs is 1. The SMILES string of the molecule is CC(C)(C)n1ncc2c(=O)[nH]c(NCCCOc3ccccc3)nc21. The van der Waals surface area contributed by atoms with E-state index in [9.17, 15) is 4.79 Å². The Morgan fingerprint density at radius 1 is 1.24 bits per heavy atom. The molecule has 0 unspecified atom stereocenters. The minimum Gasteiger partial charge on any atom is -0.494 e. The van der Waals surface area contributed by atoms with Crippen molar-refractivity contribution in [2.75, 3.05) is 18.5 Å². The smallest absolute Gasteiger partial charge is 0.263 e. The lowest BCUT2D eigenvalue weighted by Crippen LogP contribution is -2.24. The first-order valence-corrected chi connectivity index (χ1v) is 8.35. The lowest BCUT2D eigenvalue weighted by molar-refractivity contribution is 0.315. The van der Waals surface area contributed by atoms with Crippen LogP contribution in [-0.2, 0) is 5.54 Å². The van der Waals surface area contributed by atoms with Crippen LogP contribution in [0.2, 0.25) is 0 Å². The molecule has 3 aromatic rings. The number of nitrogens with one attached hydrogen (secondary N) is 2. The lowest BCUT2D eigenvalue weighted by atomic mass is 10.1. The van der Waals surface area contributed by atoms with Crippen LogP contribution in [-0.4, -0.2) is 32.9 Å². The van der Waals surface area contributed by atoms with Crippen LogP contribution in [0.4, 0.5) is 5.95 Å². The van der Waals surface area contributed by atoms with Crippen molar-refractivity contribution in [2.45, 2.75) is 32.7 Å². The topological polar surface area (TPSA) is 84.8 Å². The van der Waals surface area contributed by atoms with Gasteiger partial charge in [0.25, 0.3) is 5.56 Å². The van der Waals surface area contributed by atoms with E-state index in [1.807, 2.05) is 51.1 Å². The molecule has 7 nitrogen and oxygen atoms in total. The number of ether oxygens (including phenoxy) is 1. The number of hydrogen-bond acceptors (Lipinski definition) is 5. The van der Waals surface area contributed by atoms with E-state index < -0.39 is 0 Å². The fourth-order valence-corrected chi connectivity index (χ4v) is 2.48. The van der Waals surface area contributed by atoms with Gasteiger partial charge in [-0.25, -0.2) is 4.68 Å². The number of nitrogens with zero attached hydrogens (tertiary/aromatic N) is 3. The van der Waals surface area contributed by atoms with Gasteiger partial charge in [0.15, 0.2) is 5.65 Å². The zero-order valence-electron chi connectivity index (χ0n) is 14.7. The van der Waals surface area contributed by atoms with Gasteiger partial charge < -0.3 is 10.1 Å². The summed E-state index contributed by atoms with van der Waals surface area (Å²) in [5.41, 5.74) is 0.145. The quantitative estimate of drug-likeness (QED) is 0.674. The molecule has 1 aromatic carbocycles. The van der Waals surface area contributed by atoms with Gasteiger partial charge in [0, 0.05) is 6.54 Å². The van der Waals surface area contributed by atoms with Gasteiger partial charge in [-0.2, -0.15) is 10.1 Å². The largest absolute Gasteiger partial charge is 0.494 e. The molecule has 0 atom stereocenters. The molecule has 0 fully saturated rings. The van der Waals surface area contributed by atoms with Crippen molar-refractivity contribution in [3.63, 3.8) is 0 Å². The maximum absolute atomic E-state index is 12.2. The van der Waals surface area contributed by atoms with Crippen molar-refractivity contribution in [2.24, 2.45) is 0 Å². The van der Waals surface area contributed by atoms with E-state index in [1.54, 1.807) is 10.9 Å². The van der Waals surface area contributed by atoms with Crippen LogP contribution < -0.4 is 15.6 Å². The summed E-state index contributed by atoms with van der Waals surface area (Å²) in [5.74, 6) is 1.30. The van der Waals surface area contributed by atoms with E-state index >= 15 is 0 Å². The highest BCUT2D eigenvalue weighted by molar-refractivity contribution is 5.74. The van der Waals surface area contributed by atoms with E-state index in [1.165, 1.54) is 0 Å². The minimum atomic E-state index is -0.247. The third-order valence-corrected chi connectivity index (χ3v) is 3.70. The van der Waals surface area contributed by atoms with Crippen molar-refractivity contribution >= 4 is 17.0 Å². The van der Waals surface area contributed by atoms with Crippen molar-refractivity contribution in [1.82, 2.24) is 19.7 Å². The van der Waals surface area contributed by atoms with E-state index in [-0.39, 0.29) is 11.1 Å². The van der Waals surface area contributed by atoms with E-state index in [4.69, 9.17) is 4.74 Å². The second-order valence-corrected chi connectivity index (χ2v) is 6.82. The summed E-state index contributed by atoms with van der Waals surface area (Å²) in [4.78, 5) is 19.5. The van der Waals surface area contributed by atoms with Gasteiger partial charge in [-0.1, -0.05) is 18.2 Å². The Morgan fingerprint density at radius 2 is 2.00 bits per heavy atom. The highest BCUT2D eigenvalue weighted by Gasteiger charge is 2.19. The Labute approximate surface area is 146 Å². The summed E-state index contributed by atoms with van der Waals surface area (Å²) >= 11 is 0. The van der Waals surface area contributed by atoms with Crippen molar-refractivity contribution in [3.05, 3.63) is 46.9 Å². The molecular weight excluding hydrogens is 318 g/mol. The Kier molecular flexibility index (Phi) is 4.74. The molecule has 0 bridgehead atoms. The van der Waals surface area contributed by atoms with Gasteiger partial charge in [0.2, 0.25) is 5.95 Å². The van der Waals surface area contributed by atoms with Crippen LogP contribution in [0.25, 0.3) is 11.0 Å². The fourth-order valence-electron chi connectivity index (χ4n) is 2.48. The Bertz CT molecular complexity index is 893. The van der Waals surface area contributed by atoms with Crippen molar-refractivity contribution < 1.29 is 4.74 Å². The summed E-state index contributed by atoms with van der Waals surface area (Å²) < 4.78 is 7.41. The number of para-hydroxylation sites is 1. The molecule has 132 valence electrons. The molecule has 0 aliphatic rings. The standard InChI is InChI=1S/C18H23N5O2/c1-18(2,3)23-15-14(12-20-23)16(24)22-17(21-15)19-10-7-11-25-13-8-5-4-6-9-13/h4-6,8-9,12H,7,10-11H2,1-3H3,(H2,19,21,22,24). The predicted molar refractivity (Wildman–Crippen MR) is 98.2 cm³/mol. The average Bonchev–Trinajstić information content (AvgIpc) is 3.00. The molecule has 25 heavy (non-hydrogen) atoms. The zero-order valence-corrected chi connectivity index (χ0v) is 14.7. The highest BCUT2D eigenvalue weighted by Crippen LogP contribution is 2.18. The van der Waals surface area contributed by atoms with Gasteiger partial charge in [-0.3, -0.25) is 9.78 Å². The van der Waals surface area contributed by atoms with Crippen LogP contribution in [0, 0.1) is 0 Å². The molecular formula is C18H23N5O2. The van der Waals surface area contributed by atoms with Crippen molar-refractivity contribution in [1.29, 1.82) is 0 Å². The van der Waals surface area contributed by atoms with Gasteiger partial charge in [0.05, 0.1) is 18.3 Å². The molecule has 2 heterocycles. The van der Waals surface area contributed by atoms with E-state index in [0.717, 1.165) is 12.2 Å². The van der Waals surface area contributed by atoms with Crippen LogP contribution in [0.15, 0.2) is 41.3 Å². The summed E-state index contributed by atoms with van der Waals surface area (Å²) in [6, 6.07) is 9.68. The summed E-state index contributed by atoms with van der Waals surface area (Å²) in [6.45, 7) is 7.30. The molecule has 0 spiro atoms. The summed E-state index contributed by atoms with van der Waals surface area (Å²) in [6.07, 6.45) is 2.35. The second-order valence-electron chi connectivity index (χ2n) is 6.82. The van der Waals surface area contributed by atoms with Crippen LogP contribution in [0.3, 0.4) is 0 Å². The molecule has 2 aromatic heterocycles.